The van der Waals surface area contributed by atoms with Gasteiger partial charge in [-0.05, 0) is 0 Å². The molecule has 0 unspecified atom stereocenters. The van der Waals surface area contributed by atoms with E-state index in [1.54, 1.807) is 0 Å². The maximum absolute atomic E-state index is 12.8. The molecule has 1 aliphatic carbocycles. The molecule has 130 valence electrons. The predicted octanol–water partition coefficient (Wildman–Crippen LogP) is 2.53. The van der Waals surface area contributed by atoms with Gasteiger partial charge in [0.05, 0.1) is 0 Å². The molecule has 1 aromatic heterocycles. The summed E-state index contributed by atoms with van der Waals surface area (Å²) in [5, 5.41) is 12.6. The molecule has 2 fully saturated rings. The second-order valence-electron chi connectivity index (χ2n) is 8.10. The van der Waals surface area contributed by atoms with Crippen LogP contribution in [0, 0.1) is 25.7 Å². The van der Waals surface area contributed by atoms with Gasteiger partial charge in [0, 0.05) is 0 Å². The second-order valence-corrected chi connectivity index (χ2v) is 11.8. The van der Waals surface area contributed by atoms with Crippen LogP contribution < -0.4 is 16.4 Å². The first kappa shape index (κ1) is 16.3. The van der Waals surface area contributed by atoms with Crippen LogP contribution in [0.2, 0.25) is 0 Å². The third-order valence-electron chi connectivity index (χ3n) is 6.22. The van der Waals surface area contributed by atoms with Crippen LogP contribution in [0.3, 0.4) is 0 Å². The van der Waals surface area contributed by atoms with Gasteiger partial charge in [-0.15, -0.1) is 0 Å². The summed E-state index contributed by atoms with van der Waals surface area (Å²) in [7, 11) is -2.70. The van der Waals surface area contributed by atoms with E-state index in [2.05, 4.69) is 24.0 Å². The summed E-state index contributed by atoms with van der Waals surface area (Å²) >= 11 is 0. The molecule has 5 heteroatoms. The van der Waals surface area contributed by atoms with Crippen molar-refractivity contribution in [3.8, 4) is 0 Å². The van der Waals surface area contributed by atoms with Gasteiger partial charge in [0.2, 0.25) is 0 Å². The zero-order valence-corrected chi connectivity index (χ0v) is 15.4. The molecule has 2 aromatic rings. The maximum atomic E-state index is 12.8. The second kappa shape index (κ2) is 5.66. The summed E-state index contributed by atoms with van der Waals surface area (Å²) in [6.07, 6.45) is 5.19. The zero-order valence-electron chi connectivity index (χ0n) is 14.4. The van der Waals surface area contributed by atoms with Crippen LogP contribution in [0.4, 0.5) is 0 Å². The van der Waals surface area contributed by atoms with Crippen molar-refractivity contribution in [2.45, 2.75) is 45.4 Å². The van der Waals surface area contributed by atoms with Gasteiger partial charge in [0.25, 0.3) is 0 Å². The van der Waals surface area contributed by atoms with E-state index in [4.69, 9.17) is 5.50 Å². The molecular formula is C19H27N2O2P. The Morgan fingerprint density at radius 3 is 2.71 bits per heavy atom. The number of hydrogen-bond donors (Lipinski definition) is 3. The Kier molecular flexibility index (Phi) is 3.83. The van der Waals surface area contributed by atoms with Crippen LogP contribution in [-0.4, -0.2) is 22.1 Å². The van der Waals surface area contributed by atoms with E-state index in [0.717, 1.165) is 29.0 Å². The number of nitrogens with two attached hydrogens (primary N) is 1. The van der Waals surface area contributed by atoms with Gasteiger partial charge >= 0.3 is 142 Å². The van der Waals surface area contributed by atoms with E-state index in [0.29, 0.717) is 17.1 Å². The molecule has 0 amide bonds. The van der Waals surface area contributed by atoms with Crippen molar-refractivity contribution in [2.24, 2.45) is 17.3 Å². The van der Waals surface area contributed by atoms with Gasteiger partial charge in [0.15, 0.2) is 0 Å². The molecule has 4 nitrogen and oxygen atoms in total. The summed E-state index contributed by atoms with van der Waals surface area (Å²) in [5.41, 5.74) is 9.88. The average molecular weight is 346 g/mol. The van der Waals surface area contributed by atoms with Gasteiger partial charge in [-0.25, -0.2) is 0 Å². The summed E-state index contributed by atoms with van der Waals surface area (Å²) in [6.45, 7) is 4.08. The minimum absolute atomic E-state index is 0.0968. The Hall–Kier alpha value is -1.22. The van der Waals surface area contributed by atoms with Crippen LogP contribution in [0.5, 0.6) is 0 Å². The number of aliphatic hydroxyl groups is 1. The van der Waals surface area contributed by atoms with E-state index >= 15 is 0 Å². The monoisotopic (exact) mass is 346 g/mol. The number of benzene rings is 1. The molecule has 4 N–H and O–H groups in total. The number of aromatic amines is 1. The Balaban J connectivity index is 1.88. The Labute approximate surface area is 142 Å². The number of H-pyrrole nitrogens is 1. The fraction of sp³-hybridized carbons (Fsp3) is 0.526. The van der Waals surface area contributed by atoms with E-state index in [1.165, 1.54) is 24.8 Å². The predicted molar refractivity (Wildman–Crippen MR) is 103 cm³/mol. The van der Waals surface area contributed by atoms with E-state index in [-0.39, 0.29) is 5.56 Å². The molecular weight excluding hydrogens is 319 g/mol. The molecule has 2 heterocycles. The zero-order chi connectivity index (χ0) is 17.1. The Morgan fingerprint density at radius 2 is 1.92 bits per heavy atom. The topological polar surface area (TPSA) is 79.1 Å². The van der Waals surface area contributed by atoms with Crippen molar-refractivity contribution in [3.63, 3.8) is 0 Å². The molecule has 1 aromatic carbocycles. The van der Waals surface area contributed by atoms with Gasteiger partial charge in [-0.1, -0.05) is 0 Å². The van der Waals surface area contributed by atoms with Crippen molar-refractivity contribution in [1.29, 1.82) is 0 Å². The fourth-order valence-corrected chi connectivity index (χ4v) is 8.88. The number of aromatic nitrogens is 1. The fourth-order valence-electron chi connectivity index (χ4n) is 5.04. The molecule has 0 radical (unpaired) electrons. The van der Waals surface area contributed by atoms with Crippen LogP contribution in [0.25, 0.3) is 10.9 Å². The van der Waals surface area contributed by atoms with Crippen LogP contribution in [0.1, 0.15) is 36.8 Å². The molecule has 4 rings (SSSR count). The number of aryl methyl sites for hydroxylation is 2. The summed E-state index contributed by atoms with van der Waals surface area (Å²) in [6, 6.07) is 6.14. The van der Waals surface area contributed by atoms with Gasteiger partial charge < -0.3 is 0 Å². The van der Waals surface area contributed by atoms with Crippen molar-refractivity contribution < 1.29 is 5.11 Å². The summed E-state index contributed by atoms with van der Waals surface area (Å²) < 4.78 is 0. The van der Waals surface area contributed by atoms with Crippen molar-refractivity contribution in [2.75, 3.05) is 6.16 Å². The van der Waals surface area contributed by atoms with Gasteiger partial charge in [-0.3, -0.25) is 0 Å². The number of rotatable bonds is 1. The molecule has 1 saturated heterocycles. The number of nitrogens with one attached hydrogen (secondary N) is 1. The van der Waals surface area contributed by atoms with E-state index in [1.807, 2.05) is 13.0 Å². The number of fused-ring (bicyclic) bond motifs is 3. The molecule has 2 bridgehead atoms. The van der Waals surface area contributed by atoms with Crippen LogP contribution in [0.15, 0.2) is 23.0 Å². The van der Waals surface area contributed by atoms with Gasteiger partial charge in [0.1, 0.15) is 0 Å². The first-order valence-electron chi connectivity index (χ1n) is 8.98. The van der Waals surface area contributed by atoms with Gasteiger partial charge in [-0.2, -0.15) is 0 Å². The standard InChI is InChI=1S/C19H27N2O2P/c1-11-5-12(2)18-15(6-11)9-16(19(23)21-18)24(20)10-14-4-3-13(7-14)8-17(24)22/h5-6,9,13-14,17,22,24H,3-4,7-8,10,20H2,1-2H3,(H,21,23)/t13-,14+,17+/m1/s1. The Bertz CT molecular complexity index is 862. The average Bonchev–Trinajstić information content (AvgIpc) is 2.88. The first-order chi connectivity index (χ1) is 11.4. The van der Waals surface area contributed by atoms with Crippen molar-refractivity contribution in [1.82, 2.24) is 4.98 Å². The third kappa shape index (κ3) is 2.52. The summed E-state index contributed by atoms with van der Waals surface area (Å²) in [5.74, 6) is 0.655. The molecule has 1 aliphatic heterocycles. The summed E-state index contributed by atoms with van der Waals surface area (Å²) in [4.78, 5) is 15.9. The van der Waals surface area contributed by atoms with E-state index < -0.39 is 13.3 Å². The van der Waals surface area contributed by atoms with E-state index in [9.17, 15) is 9.90 Å². The first-order valence-corrected chi connectivity index (χ1v) is 11.3. The Morgan fingerprint density at radius 1 is 1.17 bits per heavy atom. The van der Waals surface area contributed by atoms with Crippen molar-refractivity contribution >= 4 is 23.6 Å². The molecule has 0 spiro atoms. The van der Waals surface area contributed by atoms with Crippen LogP contribution in [-0.2, 0) is 0 Å². The quantitative estimate of drug-likeness (QED) is 0.694. The normalized spacial score (nSPS) is 30.2. The molecule has 1 saturated carbocycles. The molecule has 24 heavy (non-hydrogen) atoms. The van der Waals surface area contributed by atoms with Crippen LogP contribution >= 0.6 is 7.41 Å². The third-order valence-corrected chi connectivity index (χ3v) is 10.3. The SMILES string of the molecule is Cc1cc(C)c2[nH]c(=O)c([PH]3(N)C[C@H]4CC[C@H](C4)C[C@H]3O)cc2c1. The van der Waals surface area contributed by atoms with Crippen molar-refractivity contribution in [3.05, 3.63) is 39.7 Å². The molecule has 3 atom stereocenters. The number of pyridine rings is 1. The molecule has 2 aliphatic rings. The number of hydrogen-bond acceptors (Lipinski definition) is 3. The minimum atomic E-state index is -2.70. The number of aliphatic hydroxyl groups excluding tert-OH is 1.